The van der Waals surface area contributed by atoms with Gasteiger partial charge in [0.25, 0.3) is 0 Å². The molecule has 0 saturated heterocycles. The summed E-state index contributed by atoms with van der Waals surface area (Å²) in [5.41, 5.74) is 0.974. The Morgan fingerprint density at radius 3 is 2.80 bits per heavy atom. The molecule has 106 valence electrons. The van der Waals surface area contributed by atoms with Gasteiger partial charge in [-0.2, -0.15) is 0 Å². The highest BCUT2D eigenvalue weighted by atomic mass is 32.1. The number of nitrogens with one attached hydrogen (secondary N) is 2. The molecule has 4 nitrogen and oxygen atoms in total. The van der Waals surface area contributed by atoms with Crippen molar-refractivity contribution in [3.8, 4) is 5.75 Å². The molecule has 0 spiro atoms. The second-order valence-electron chi connectivity index (χ2n) is 4.27. The van der Waals surface area contributed by atoms with E-state index in [1.165, 1.54) is 4.88 Å². The van der Waals surface area contributed by atoms with E-state index >= 15 is 0 Å². The average molecular weight is 290 g/mol. The number of carbonyl (C=O) groups excluding carboxylic acids is 1. The van der Waals surface area contributed by atoms with E-state index in [2.05, 4.69) is 10.6 Å². The Bertz CT molecular complexity index is 541. The lowest BCUT2D eigenvalue weighted by Crippen LogP contribution is -2.33. The van der Waals surface area contributed by atoms with E-state index in [0.29, 0.717) is 13.1 Å². The molecule has 1 aromatic carbocycles. The summed E-state index contributed by atoms with van der Waals surface area (Å²) in [7, 11) is 1.63. The number of carbonyl (C=O) groups is 1. The van der Waals surface area contributed by atoms with Crippen molar-refractivity contribution in [2.75, 3.05) is 13.7 Å². The number of thiophene rings is 1. The second-order valence-corrected chi connectivity index (χ2v) is 5.30. The highest BCUT2D eigenvalue weighted by Crippen LogP contribution is 2.16. The van der Waals surface area contributed by atoms with Crippen LogP contribution in [0.15, 0.2) is 41.8 Å². The van der Waals surface area contributed by atoms with Crippen LogP contribution in [0.5, 0.6) is 5.75 Å². The summed E-state index contributed by atoms with van der Waals surface area (Å²) in [5.74, 6) is 0.770. The van der Waals surface area contributed by atoms with Gasteiger partial charge in [-0.3, -0.25) is 4.79 Å². The summed E-state index contributed by atoms with van der Waals surface area (Å²) in [6, 6.07) is 11.7. The molecule has 2 aromatic rings. The third kappa shape index (κ3) is 4.36. The molecule has 1 aromatic heterocycles. The maximum atomic E-state index is 11.7. The van der Waals surface area contributed by atoms with Crippen LogP contribution in [-0.2, 0) is 17.9 Å². The minimum Gasteiger partial charge on any atom is -0.496 e. The summed E-state index contributed by atoms with van der Waals surface area (Å²) in [6.45, 7) is 1.51. The predicted octanol–water partition coefficient (Wildman–Crippen LogP) is 2.16. The van der Waals surface area contributed by atoms with Crippen LogP contribution >= 0.6 is 11.3 Å². The van der Waals surface area contributed by atoms with Gasteiger partial charge >= 0.3 is 0 Å². The summed E-state index contributed by atoms with van der Waals surface area (Å²) < 4.78 is 5.24. The third-order valence-corrected chi connectivity index (χ3v) is 3.71. The normalized spacial score (nSPS) is 10.2. The average Bonchev–Trinajstić information content (AvgIpc) is 2.98. The van der Waals surface area contributed by atoms with Crippen LogP contribution in [0, 0.1) is 0 Å². The first-order chi connectivity index (χ1) is 9.79. The molecule has 1 heterocycles. The number of benzene rings is 1. The number of ether oxygens (including phenoxy) is 1. The number of methoxy groups -OCH3 is 1. The third-order valence-electron chi connectivity index (χ3n) is 2.83. The molecule has 0 fully saturated rings. The molecule has 0 unspecified atom stereocenters. The molecule has 20 heavy (non-hydrogen) atoms. The molecule has 0 atom stereocenters. The topological polar surface area (TPSA) is 50.4 Å². The molecule has 0 aliphatic rings. The highest BCUT2D eigenvalue weighted by Gasteiger charge is 2.04. The van der Waals surface area contributed by atoms with Crippen molar-refractivity contribution in [2.24, 2.45) is 0 Å². The van der Waals surface area contributed by atoms with Crippen molar-refractivity contribution in [2.45, 2.75) is 13.1 Å². The van der Waals surface area contributed by atoms with Gasteiger partial charge in [0.15, 0.2) is 0 Å². The molecule has 1 amide bonds. The fourth-order valence-electron chi connectivity index (χ4n) is 1.82. The Labute approximate surface area is 122 Å². The van der Waals surface area contributed by atoms with Crippen LogP contribution in [0.4, 0.5) is 0 Å². The number of amides is 1. The minimum absolute atomic E-state index is 0.0209. The monoisotopic (exact) mass is 290 g/mol. The van der Waals surface area contributed by atoms with Gasteiger partial charge in [-0.05, 0) is 17.5 Å². The van der Waals surface area contributed by atoms with Crippen LogP contribution in [0.2, 0.25) is 0 Å². The Hall–Kier alpha value is -1.85. The first kappa shape index (κ1) is 14.6. The van der Waals surface area contributed by atoms with Crippen LogP contribution in [0.25, 0.3) is 0 Å². The Kier molecular flexibility index (Phi) is 5.58. The van der Waals surface area contributed by atoms with Crippen LogP contribution in [0.1, 0.15) is 10.4 Å². The van der Waals surface area contributed by atoms with Gasteiger partial charge in [-0.25, -0.2) is 0 Å². The van der Waals surface area contributed by atoms with E-state index in [-0.39, 0.29) is 5.91 Å². The van der Waals surface area contributed by atoms with E-state index < -0.39 is 0 Å². The van der Waals surface area contributed by atoms with Gasteiger partial charge < -0.3 is 15.4 Å². The number of para-hydroxylation sites is 1. The zero-order chi connectivity index (χ0) is 14.2. The van der Waals surface area contributed by atoms with Crippen molar-refractivity contribution < 1.29 is 9.53 Å². The number of rotatable bonds is 7. The zero-order valence-corrected chi connectivity index (χ0v) is 12.2. The van der Waals surface area contributed by atoms with Crippen molar-refractivity contribution in [3.05, 3.63) is 52.2 Å². The predicted molar refractivity (Wildman–Crippen MR) is 80.9 cm³/mol. The SMILES string of the molecule is COc1ccccc1CNC(=O)CNCc1cccs1. The van der Waals surface area contributed by atoms with Gasteiger partial charge in [-0.15, -0.1) is 11.3 Å². The molecule has 0 radical (unpaired) electrons. The number of hydrogen-bond donors (Lipinski definition) is 2. The summed E-state index contributed by atoms with van der Waals surface area (Å²) in [5, 5.41) is 8.02. The quantitative estimate of drug-likeness (QED) is 0.821. The molecule has 5 heteroatoms. The molecule has 0 aliphatic carbocycles. The summed E-state index contributed by atoms with van der Waals surface area (Å²) >= 11 is 1.68. The fraction of sp³-hybridized carbons (Fsp3) is 0.267. The van der Waals surface area contributed by atoms with Gasteiger partial charge in [0.05, 0.1) is 13.7 Å². The zero-order valence-electron chi connectivity index (χ0n) is 11.4. The standard InChI is InChI=1S/C15H18N2O2S/c1-19-14-7-3-2-5-12(14)9-17-15(18)11-16-10-13-6-4-8-20-13/h2-8,16H,9-11H2,1H3,(H,17,18). The van der Waals surface area contributed by atoms with Crippen molar-refractivity contribution >= 4 is 17.2 Å². The Morgan fingerprint density at radius 1 is 1.20 bits per heavy atom. The maximum Gasteiger partial charge on any atom is 0.234 e. The van der Waals surface area contributed by atoms with Crippen LogP contribution in [0.3, 0.4) is 0 Å². The van der Waals surface area contributed by atoms with Crippen LogP contribution < -0.4 is 15.4 Å². The molecule has 0 aliphatic heterocycles. The fourth-order valence-corrected chi connectivity index (χ4v) is 2.49. The van der Waals surface area contributed by atoms with E-state index in [4.69, 9.17) is 4.74 Å². The van der Waals surface area contributed by atoms with E-state index in [1.54, 1.807) is 18.4 Å². The Balaban J connectivity index is 1.72. The summed E-state index contributed by atoms with van der Waals surface area (Å²) in [6.07, 6.45) is 0. The molecule has 0 bridgehead atoms. The second kappa shape index (κ2) is 7.67. The van der Waals surface area contributed by atoms with Crippen molar-refractivity contribution in [3.63, 3.8) is 0 Å². The van der Waals surface area contributed by atoms with Crippen molar-refractivity contribution in [1.82, 2.24) is 10.6 Å². The van der Waals surface area contributed by atoms with E-state index in [1.807, 2.05) is 41.8 Å². The van der Waals surface area contributed by atoms with E-state index in [0.717, 1.165) is 17.9 Å². The lowest BCUT2D eigenvalue weighted by Gasteiger charge is -2.09. The van der Waals surface area contributed by atoms with E-state index in [9.17, 15) is 4.79 Å². The largest absolute Gasteiger partial charge is 0.496 e. The van der Waals surface area contributed by atoms with Gasteiger partial charge in [0, 0.05) is 23.5 Å². The molecule has 2 N–H and O–H groups in total. The van der Waals surface area contributed by atoms with Gasteiger partial charge in [0.2, 0.25) is 5.91 Å². The van der Waals surface area contributed by atoms with Gasteiger partial charge in [-0.1, -0.05) is 24.3 Å². The van der Waals surface area contributed by atoms with Crippen molar-refractivity contribution in [1.29, 1.82) is 0 Å². The Morgan fingerprint density at radius 2 is 2.05 bits per heavy atom. The lowest BCUT2D eigenvalue weighted by atomic mass is 10.2. The highest BCUT2D eigenvalue weighted by molar-refractivity contribution is 7.09. The molecular weight excluding hydrogens is 272 g/mol. The molecular formula is C15H18N2O2S. The minimum atomic E-state index is -0.0209. The first-order valence-corrected chi connectivity index (χ1v) is 7.29. The van der Waals surface area contributed by atoms with Crippen LogP contribution in [-0.4, -0.2) is 19.6 Å². The molecule has 0 saturated carbocycles. The summed E-state index contributed by atoms with van der Waals surface area (Å²) in [4.78, 5) is 13.0. The molecule has 2 rings (SSSR count). The smallest absolute Gasteiger partial charge is 0.234 e. The lowest BCUT2D eigenvalue weighted by molar-refractivity contribution is -0.120. The number of hydrogen-bond acceptors (Lipinski definition) is 4. The van der Waals surface area contributed by atoms with Gasteiger partial charge in [0.1, 0.15) is 5.75 Å². The maximum absolute atomic E-state index is 11.7. The first-order valence-electron chi connectivity index (χ1n) is 6.41.